The molecule has 5 aromatic rings. The molecule has 0 N–H and O–H groups in total. The first kappa shape index (κ1) is 25.8. The van der Waals surface area contributed by atoms with Crippen LogP contribution in [-0.2, 0) is 16.1 Å². The number of Topliss-reactive ketones (excluding diaryl/α,β-unsaturated/α-hetero) is 1. The predicted molar refractivity (Wildman–Crippen MR) is 154 cm³/mol. The monoisotopic (exact) mass is 516 g/mol. The number of fused-ring (bicyclic) bond motifs is 3. The van der Waals surface area contributed by atoms with Gasteiger partial charge in [0, 0.05) is 40.1 Å². The number of ketones is 2. The van der Waals surface area contributed by atoms with Crippen molar-refractivity contribution in [1.29, 1.82) is 0 Å². The van der Waals surface area contributed by atoms with Crippen molar-refractivity contribution < 1.29 is 19.2 Å². The number of carbonyl (C=O) groups excluding carboxylic acids is 3. The molecular formula is C33H28N2O4. The Morgan fingerprint density at radius 2 is 1.36 bits per heavy atom. The van der Waals surface area contributed by atoms with E-state index in [1.54, 1.807) is 6.07 Å². The van der Waals surface area contributed by atoms with E-state index >= 15 is 0 Å². The van der Waals surface area contributed by atoms with E-state index in [2.05, 4.69) is 39.7 Å². The number of aromatic nitrogens is 1. The van der Waals surface area contributed by atoms with Crippen LogP contribution >= 0.6 is 0 Å². The van der Waals surface area contributed by atoms with Gasteiger partial charge in [0.25, 0.3) is 0 Å². The Morgan fingerprint density at radius 3 is 2.03 bits per heavy atom. The van der Waals surface area contributed by atoms with Crippen molar-refractivity contribution in [3.8, 4) is 5.69 Å². The maximum Gasteiger partial charge on any atom is 0.331 e. The average Bonchev–Trinajstić information content (AvgIpc) is 3.28. The lowest BCUT2D eigenvalue weighted by Crippen LogP contribution is -2.11. The number of oxime groups is 1. The van der Waals surface area contributed by atoms with E-state index in [4.69, 9.17) is 0 Å². The largest absolute Gasteiger partial charge is 0.331 e. The minimum atomic E-state index is -0.583. The van der Waals surface area contributed by atoms with Crippen molar-refractivity contribution in [1.82, 2.24) is 4.57 Å². The van der Waals surface area contributed by atoms with Gasteiger partial charge in [-0.05, 0) is 73.5 Å². The molecule has 0 bridgehead atoms. The summed E-state index contributed by atoms with van der Waals surface area (Å²) in [6.07, 6.45) is 1.97. The molecule has 0 radical (unpaired) electrons. The van der Waals surface area contributed by atoms with Crippen LogP contribution in [0, 0.1) is 0 Å². The lowest BCUT2D eigenvalue weighted by Gasteiger charge is -2.10. The molecule has 0 aliphatic heterocycles. The molecule has 4 aromatic carbocycles. The molecule has 0 saturated carbocycles. The summed E-state index contributed by atoms with van der Waals surface area (Å²) in [5.41, 5.74) is 5.89. The van der Waals surface area contributed by atoms with Crippen LogP contribution in [0.5, 0.6) is 0 Å². The van der Waals surface area contributed by atoms with Crippen LogP contribution in [0.4, 0.5) is 0 Å². The number of hydrogen-bond acceptors (Lipinski definition) is 5. The van der Waals surface area contributed by atoms with E-state index in [-0.39, 0.29) is 17.3 Å². The van der Waals surface area contributed by atoms with E-state index in [9.17, 15) is 14.4 Å². The molecule has 6 heteroatoms. The Hall–Kier alpha value is -4.84. The molecule has 0 amide bonds. The maximum absolute atomic E-state index is 13.0. The highest BCUT2D eigenvalue weighted by Gasteiger charge is 2.18. The van der Waals surface area contributed by atoms with E-state index in [1.165, 1.54) is 19.4 Å². The van der Waals surface area contributed by atoms with Gasteiger partial charge in [-0.15, -0.1) is 0 Å². The van der Waals surface area contributed by atoms with Crippen LogP contribution in [0.3, 0.4) is 0 Å². The van der Waals surface area contributed by atoms with E-state index in [1.807, 2.05) is 66.7 Å². The predicted octanol–water partition coefficient (Wildman–Crippen LogP) is 7.09. The highest BCUT2D eigenvalue weighted by Crippen LogP contribution is 2.34. The third-order valence-corrected chi connectivity index (χ3v) is 6.69. The minimum Gasteiger partial charge on any atom is -0.318 e. The standard InChI is InChI=1S/C33H28N2O4/c1-4-8-23-11-17-30-28(19-23)29-20-26(32(37)21(2)34-39-22(3)36)14-18-31(29)35(30)27-15-12-25(13-16-27)33(38)24-9-6-5-7-10-24/h5-7,9-20H,4,8H2,1-3H3. The van der Waals surface area contributed by atoms with Crippen LogP contribution < -0.4 is 0 Å². The second-order valence-electron chi connectivity index (χ2n) is 9.50. The molecule has 194 valence electrons. The van der Waals surface area contributed by atoms with Crippen molar-refractivity contribution in [2.45, 2.75) is 33.6 Å². The summed E-state index contributed by atoms with van der Waals surface area (Å²) < 4.78 is 2.14. The second kappa shape index (κ2) is 10.9. The summed E-state index contributed by atoms with van der Waals surface area (Å²) >= 11 is 0. The van der Waals surface area contributed by atoms with Crippen molar-refractivity contribution in [3.05, 3.63) is 113 Å². The molecule has 0 unspecified atom stereocenters. The van der Waals surface area contributed by atoms with Gasteiger partial charge >= 0.3 is 5.97 Å². The molecule has 6 nitrogen and oxygen atoms in total. The number of nitrogens with zero attached hydrogens (tertiary/aromatic N) is 2. The second-order valence-corrected chi connectivity index (χ2v) is 9.50. The van der Waals surface area contributed by atoms with Gasteiger partial charge in [0.1, 0.15) is 5.71 Å². The van der Waals surface area contributed by atoms with E-state index in [0.717, 1.165) is 40.3 Å². The normalized spacial score (nSPS) is 11.6. The van der Waals surface area contributed by atoms with Gasteiger partial charge in [0.2, 0.25) is 5.78 Å². The Balaban J connectivity index is 1.62. The Bertz CT molecular complexity index is 1750. The number of rotatable bonds is 8. The SMILES string of the molecule is CCCc1ccc2c(c1)c1cc(C(=O)C(C)=NOC(C)=O)ccc1n2-c1ccc(C(=O)c2ccccc2)cc1. The molecule has 0 spiro atoms. The number of carbonyl (C=O) groups is 3. The van der Waals surface area contributed by atoms with Gasteiger partial charge in [0.15, 0.2) is 5.78 Å². The summed E-state index contributed by atoms with van der Waals surface area (Å²) in [4.78, 5) is 41.8. The molecule has 0 aliphatic rings. The summed E-state index contributed by atoms with van der Waals surface area (Å²) in [5, 5.41) is 5.62. The molecule has 1 heterocycles. The Labute approximate surface area is 226 Å². The quantitative estimate of drug-likeness (QED) is 0.0955. The van der Waals surface area contributed by atoms with Crippen molar-refractivity contribution in [2.24, 2.45) is 5.16 Å². The molecule has 0 fully saturated rings. The van der Waals surface area contributed by atoms with Crippen LogP contribution in [0.2, 0.25) is 0 Å². The molecule has 39 heavy (non-hydrogen) atoms. The summed E-state index contributed by atoms with van der Waals surface area (Å²) in [7, 11) is 0. The first-order valence-electron chi connectivity index (χ1n) is 12.9. The highest BCUT2D eigenvalue weighted by atomic mass is 16.7. The molecule has 5 rings (SSSR count). The molecular weight excluding hydrogens is 488 g/mol. The van der Waals surface area contributed by atoms with Gasteiger partial charge in [-0.1, -0.05) is 54.9 Å². The number of aryl methyl sites for hydroxylation is 1. The van der Waals surface area contributed by atoms with Crippen LogP contribution in [0.15, 0.2) is 96.2 Å². The molecule has 0 saturated heterocycles. The topological polar surface area (TPSA) is 77.7 Å². The van der Waals surface area contributed by atoms with Gasteiger partial charge < -0.3 is 9.40 Å². The zero-order chi connectivity index (χ0) is 27.5. The van der Waals surface area contributed by atoms with Crippen molar-refractivity contribution in [2.75, 3.05) is 0 Å². The molecule has 0 aliphatic carbocycles. The lowest BCUT2D eigenvalue weighted by molar-refractivity contribution is -0.140. The van der Waals surface area contributed by atoms with E-state index in [0.29, 0.717) is 16.7 Å². The van der Waals surface area contributed by atoms with Crippen LogP contribution in [-0.4, -0.2) is 27.8 Å². The zero-order valence-electron chi connectivity index (χ0n) is 22.1. The van der Waals surface area contributed by atoms with Gasteiger partial charge in [-0.25, -0.2) is 4.79 Å². The van der Waals surface area contributed by atoms with Crippen molar-refractivity contribution >= 4 is 45.1 Å². The fourth-order valence-electron chi connectivity index (χ4n) is 4.84. The zero-order valence-corrected chi connectivity index (χ0v) is 22.1. The fraction of sp³-hybridized carbons (Fsp3) is 0.152. The lowest BCUT2D eigenvalue weighted by atomic mass is 10.0. The first-order valence-corrected chi connectivity index (χ1v) is 12.9. The maximum atomic E-state index is 13.0. The van der Waals surface area contributed by atoms with Gasteiger partial charge in [-0.3, -0.25) is 9.59 Å². The third kappa shape index (κ3) is 5.14. The number of benzene rings is 4. The Morgan fingerprint density at radius 1 is 0.744 bits per heavy atom. The smallest absolute Gasteiger partial charge is 0.318 e. The molecule has 0 atom stereocenters. The first-order chi connectivity index (χ1) is 18.9. The highest BCUT2D eigenvalue weighted by molar-refractivity contribution is 6.45. The Kier molecular flexibility index (Phi) is 7.19. The molecule has 1 aromatic heterocycles. The number of hydrogen-bond donors (Lipinski definition) is 0. The van der Waals surface area contributed by atoms with Gasteiger partial charge in [0.05, 0.1) is 11.0 Å². The third-order valence-electron chi connectivity index (χ3n) is 6.69. The van der Waals surface area contributed by atoms with E-state index < -0.39 is 5.97 Å². The fourth-order valence-corrected chi connectivity index (χ4v) is 4.84. The van der Waals surface area contributed by atoms with Gasteiger partial charge in [-0.2, -0.15) is 0 Å². The summed E-state index contributed by atoms with van der Waals surface area (Å²) in [5.74, 6) is -0.921. The minimum absolute atomic E-state index is 0.0254. The van der Waals surface area contributed by atoms with Crippen molar-refractivity contribution in [3.63, 3.8) is 0 Å². The summed E-state index contributed by atoms with van der Waals surface area (Å²) in [6, 6.07) is 28.8. The van der Waals surface area contributed by atoms with Crippen LogP contribution in [0.1, 0.15) is 59.0 Å². The summed E-state index contributed by atoms with van der Waals surface area (Å²) in [6.45, 7) is 4.91. The average molecular weight is 517 g/mol. The van der Waals surface area contributed by atoms with Crippen LogP contribution in [0.25, 0.3) is 27.5 Å².